The maximum Gasteiger partial charge on any atom is 0.253 e. The van der Waals surface area contributed by atoms with Gasteiger partial charge in [-0.15, -0.1) is 16.7 Å². The highest BCUT2D eigenvalue weighted by Crippen LogP contribution is 2.64. The minimum atomic E-state index is -0.0749. The monoisotopic (exact) mass is 317 g/mol. The Hall–Kier alpha value is -1.95. The van der Waals surface area contributed by atoms with E-state index < -0.39 is 0 Å². The molecule has 0 unspecified atom stereocenters. The Morgan fingerprint density at radius 1 is 1.32 bits per heavy atom. The first kappa shape index (κ1) is 13.7. The normalized spacial score (nSPS) is 28.7. The fraction of sp³-hybridized carbons (Fsp3) is 0.467. The van der Waals surface area contributed by atoms with Crippen molar-refractivity contribution >= 4 is 17.5 Å². The van der Waals surface area contributed by atoms with Gasteiger partial charge in [0.25, 0.3) is 5.91 Å². The lowest BCUT2D eigenvalue weighted by Crippen LogP contribution is -2.76. The molecule has 2 bridgehead atoms. The van der Waals surface area contributed by atoms with Gasteiger partial charge in [0.15, 0.2) is 0 Å². The van der Waals surface area contributed by atoms with Crippen LogP contribution in [0, 0.1) is 6.92 Å². The summed E-state index contributed by atoms with van der Waals surface area (Å²) in [5.41, 5.74) is 2.62. The fourth-order valence-corrected chi connectivity index (χ4v) is 4.28. The Labute approximate surface area is 132 Å². The Balaban J connectivity index is 1.54. The summed E-state index contributed by atoms with van der Waals surface area (Å²) in [7, 11) is 1.80. The van der Waals surface area contributed by atoms with E-state index in [9.17, 15) is 4.79 Å². The molecule has 0 saturated heterocycles. The number of rotatable bonds is 3. The summed E-state index contributed by atoms with van der Waals surface area (Å²) in [4.78, 5) is 16.9. The van der Waals surface area contributed by atoms with Crippen LogP contribution in [-0.4, -0.2) is 36.3 Å². The van der Waals surface area contributed by atoms with Gasteiger partial charge in [-0.3, -0.25) is 14.5 Å². The molecule has 0 atom stereocenters. The highest BCUT2D eigenvalue weighted by atomic mass is 35.5. The molecule has 1 amide bonds. The van der Waals surface area contributed by atoms with Crippen molar-refractivity contribution in [2.45, 2.75) is 36.6 Å². The van der Waals surface area contributed by atoms with Gasteiger partial charge < -0.3 is 5.32 Å². The van der Waals surface area contributed by atoms with Gasteiger partial charge in [-0.2, -0.15) is 0 Å². The van der Waals surface area contributed by atoms with Gasteiger partial charge in [0.05, 0.1) is 28.0 Å². The summed E-state index contributed by atoms with van der Waals surface area (Å²) >= 11 is 6.23. The summed E-state index contributed by atoms with van der Waals surface area (Å²) in [6, 6.07) is 3.60. The number of aromatic nitrogens is 4. The fourth-order valence-electron chi connectivity index (χ4n) is 3.51. The molecule has 1 N–H and O–H groups in total. The van der Waals surface area contributed by atoms with E-state index >= 15 is 0 Å². The van der Waals surface area contributed by atoms with E-state index in [4.69, 9.17) is 11.6 Å². The van der Waals surface area contributed by atoms with Crippen molar-refractivity contribution in [3.05, 3.63) is 29.6 Å². The zero-order chi connectivity index (χ0) is 15.5. The average molecular weight is 318 g/mol. The molecule has 3 aliphatic carbocycles. The molecular formula is C15H16ClN5O. The lowest BCUT2D eigenvalue weighted by molar-refractivity contribution is -0.0194. The minimum Gasteiger partial charge on any atom is -0.346 e. The third kappa shape index (κ3) is 2.01. The van der Waals surface area contributed by atoms with E-state index in [0.29, 0.717) is 22.6 Å². The summed E-state index contributed by atoms with van der Waals surface area (Å²) in [5, 5.41) is 11.0. The van der Waals surface area contributed by atoms with E-state index in [1.54, 1.807) is 30.1 Å². The van der Waals surface area contributed by atoms with E-state index in [1.807, 2.05) is 6.92 Å². The Bertz CT molecular complexity index is 764. The molecule has 7 heteroatoms. The zero-order valence-corrected chi connectivity index (χ0v) is 13.2. The van der Waals surface area contributed by atoms with Crippen LogP contribution in [0.4, 0.5) is 0 Å². The predicted octanol–water partition coefficient (Wildman–Crippen LogP) is 1.83. The van der Waals surface area contributed by atoms with Crippen LogP contribution in [0.15, 0.2) is 18.3 Å². The second-order valence-corrected chi connectivity index (χ2v) is 7.32. The van der Waals surface area contributed by atoms with Gasteiger partial charge in [-0.1, -0.05) is 5.21 Å². The van der Waals surface area contributed by atoms with Crippen LogP contribution in [0.5, 0.6) is 0 Å². The van der Waals surface area contributed by atoms with Crippen LogP contribution in [0.3, 0.4) is 0 Å². The molecule has 0 aromatic carbocycles. The number of carbonyl (C=O) groups is 1. The molecule has 3 aliphatic rings. The lowest BCUT2D eigenvalue weighted by Gasteiger charge is -2.67. The summed E-state index contributed by atoms with van der Waals surface area (Å²) < 4.78 is 1.62. The maximum atomic E-state index is 12.4. The predicted molar refractivity (Wildman–Crippen MR) is 81.6 cm³/mol. The second kappa shape index (κ2) is 4.29. The van der Waals surface area contributed by atoms with E-state index in [2.05, 4.69) is 20.6 Å². The topological polar surface area (TPSA) is 72.7 Å². The summed E-state index contributed by atoms with van der Waals surface area (Å²) in [6.07, 6.45) is 4.41. The molecule has 5 rings (SSSR count). The molecular weight excluding hydrogens is 302 g/mol. The van der Waals surface area contributed by atoms with Crippen molar-refractivity contribution < 1.29 is 4.79 Å². The van der Waals surface area contributed by atoms with Crippen molar-refractivity contribution in [3.8, 4) is 11.4 Å². The first-order chi connectivity index (χ1) is 10.4. The first-order valence-corrected chi connectivity index (χ1v) is 7.62. The third-order valence-electron chi connectivity index (χ3n) is 4.54. The van der Waals surface area contributed by atoms with Crippen LogP contribution >= 0.6 is 11.6 Å². The number of amides is 1. The van der Waals surface area contributed by atoms with Crippen LogP contribution in [0.2, 0.25) is 0 Å². The molecule has 0 aliphatic heterocycles. The number of nitrogens with one attached hydrogen (secondary N) is 1. The van der Waals surface area contributed by atoms with Crippen LogP contribution in [0.1, 0.15) is 35.3 Å². The van der Waals surface area contributed by atoms with E-state index in [0.717, 1.165) is 19.3 Å². The van der Waals surface area contributed by atoms with Crippen LogP contribution in [-0.2, 0) is 7.05 Å². The molecule has 2 heterocycles. The highest BCUT2D eigenvalue weighted by molar-refractivity contribution is 6.26. The van der Waals surface area contributed by atoms with Crippen LogP contribution in [0.25, 0.3) is 11.4 Å². The Kier molecular flexibility index (Phi) is 2.67. The number of aryl methyl sites for hydroxylation is 2. The average Bonchev–Trinajstić information content (AvgIpc) is 2.82. The molecule has 2 aromatic heterocycles. The van der Waals surface area contributed by atoms with Crippen molar-refractivity contribution in [2.75, 3.05) is 0 Å². The smallest absolute Gasteiger partial charge is 0.253 e. The number of pyridine rings is 1. The quantitative estimate of drug-likeness (QED) is 0.877. The Morgan fingerprint density at radius 2 is 2.05 bits per heavy atom. The van der Waals surface area contributed by atoms with Gasteiger partial charge in [-0.05, 0) is 38.3 Å². The second-order valence-electron chi connectivity index (χ2n) is 6.52. The maximum absolute atomic E-state index is 12.4. The molecule has 22 heavy (non-hydrogen) atoms. The summed E-state index contributed by atoms with van der Waals surface area (Å²) in [6.45, 7) is 1.83. The molecule has 6 nitrogen and oxygen atoms in total. The number of halogens is 1. The number of alkyl halides is 1. The lowest BCUT2D eigenvalue weighted by atomic mass is 9.49. The van der Waals surface area contributed by atoms with Gasteiger partial charge in [-0.25, -0.2) is 0 Å². The molecule has 114 valence electrons. The number of hydrogen-bond acceptors (Lipinski definition) is 4. The minimum absolute atomic E-state index is 0.0452. The number of hydrogen-bond donors (Lipinski definition) is 1. The van der Waals surface area contributed by atoms with Gasteiger partial charge in [0.1, 0.15) is 5.69 Å². The van der Waals surface area contributed by atoms with E-state index in [-0.39, 0.29) is 16.3 Å². The van der Waals surface area contributed by atoms with Crippen LogP contribution < -0.4 is 5.32 Å². The number of nitrogens with zero attached hydrogens (tertiary/aromatic N) is 4. The standard InChI is InChI=1S/C15H16ClN5O/c1-9-10(13(22)18-15-6-14(16,7-15)8-15)3-4-11(17-9)12-5-21(2)20-19-12/h3-5H,6-8H2,1-2H3,(H,18,22). The molecule has 3 fully saturated rings. The van der Waals surface area contributed by atoms with Crippen molar-refractivity contribution in [2.24, 2.45) is 7.05 Å². The van der Waals surface area contributed by atoms with E-state index in [1.165, 1.54) is 0 Å². The molecule has 2 aromatic rings. The molecule has 0 spiro atoms. The highest BCUT2D eigenvalue weighted by Gasteiger charge is 2.67. The van der Waals surface area contributed by atoms with Gasteiger partial charge in [0.2, 0.25) is 0 Å². The molecule has 3 saturated carbocycles. The third-order valence-corrected chi connectivity index (χ3v) is 4.94. The Morgan fingerprint density at radius 3 is 2.59 bits per heavy atom. The van der Waals surface area contributed by atoms with Gasteiger partial charge in [0, 0.05) is 12.6 Å². The number of carbonyl (C=O) groups excluding carboxylic acids is 1. The SMILES string of the molecule is Cc1nc(-c2cn(C)nn2)ccc1C(=O)NC12CC(Cl)(C1)C2. The largest absolute Gasteiger partial charge is 0.346 e. The summed E-state index contributed by atoms with van der Waals surface area (Å²) in [5.74, 6) is -0.0749. The van der Waals surface area contributed by atoms with Crippen molar-refractivity contribution in [3.63, 3.8) is 0 Å². The van der Waals surface area contributed by atoms with Crippen molar-refractivity contribution in [1.82, 2.24) is 25.3 Å². The van der Waals surface area contributed by atoms with Crippen molar-refractivity contribution in [1.29, 1.82) is 0 Å². The zero-order valence-electron chi connectivity index (χ0n) is 12.4. The first-order valence-electron chi connectivity index (χ1n) is 7.24. The van der Waals surface area contributed by atoms with Gasteiger partial charge >= 0.3 is 0 Å². The molecule has 0 radical (unpaired) electrons.